The summed E-state index contributed by atoms with van der Waals surface area (Å²) in [5.74, 6) is 0.419. The highest BCUT2D eigenvalue weighted by Gasteiger charge is 2.29. The molecule has 3 aromatic rings. The Hall–Kier alpha value is -2.25. The van der Waals surface area contributed by atoms with Crippen LogP contribution in [-0.4, -0.2) is 16.8 Å². The summed E-state index contributed by atoms with van der Waals surface area (Å²) in [5, 5.41) is 7.61. The zero-order valence-electron chi connectivity index (χ0n) is 14.5. The molecule has 1 aliphatic carbocycles. The van der Waals surface area contributed by atoms with E-state index in [1.165, 1.54) is 11.3 Å². The third-order valence-corrected chi connectivity index (χ3v) is 6.50. The van der Waals surface area contributed by atoms with Crippen LogP contribution in [0.1, 0.15) is 47.3 Å². The van der Waals surface area contributed by atoms with E-state index < -0.39 is 0 Å². The Morgan fingerprint density at radius 3 is 2.65 bits per heavy atom. The van der Waals surface area contributed by atoms with E-state index in [9.17, 15) is 9.59 Å². The van der Waals surface area contributed by atoms with Crippen molar-refractivity contribution in [1.82, 2.24) is 4.98 Å². The highest BCUT2D eigenvalue weighted by Crippen LogP contribution is 2.32. The molecule has 134 valence electrons. The molecular formula is C19H19N3O2S2. The molecule has 0 spiro atoms. The topological polar surface area (TPSA) is 71.1 Å². The average molecular weight is 386 g/mol. The molecule has 2 aromatic heterocycles. The third kappa shape index (κ3) is 3.64. The summed E-state index contributed by atoms with van der Waals surface area (Å²) < 4.78 is 1.06. The summed E-state index contributed by atoms with van der Waals surface area (Å²) >= 11 is 2.95. The summed E-state index contributed by atoms with van der Waals surface area (Å²) in [6.45, 7) is 4.24. The minimum atomic E-state index is -0.171. The van der Waals surface area contributed by atoms with Crippen molar-refractivity contribution < 1.29 is 9.59 Å². The number of rotatable bonds is 5. The number of amides is 2. The molecule has 0 saturated heterocycles. The number of carbonyl (C=O) groups excluding carboxylic acids is 2. The van der Waals surface area contributed by atoms with Gasteiger partial charge in [-0.3, -0.25) is 9.59 Å². The predicted octanol–water partition coefficient (Wildman–Crippen LogP) is 5.08. The first-order valence-electron chi connectivity index (χ1n) is 8.62. The maximum atomic E-state index is 12.5. The van der Waals surface area contributed by atoms with Crippen LogP contribution < -0.4 is 10.6 Å². The largest absolute Gasteiger partial charge is 0.321 e. The summed E-state index contributed by atoms with van der Waals surface area (Å²) in [6.07, 6.45) is 1.92. The van der Waals surface area contributed by atoms with Crippen molar-refractivity contribution >= 4 is 55.4 Å². The second kappa shape index (κ2) is 6.81. The number of nitrogens with zero attached hydrogens (tertiary/aromatic N) is 1. The van der Waals surface area contributed by atoms with Gasteiger partial charge in [-0.2, -0.15) is 0 Å². The number of fused-ring (bicyclic) bond motifs is 1. The summed E-state index contributed by atoms with van der Waals surface area (Å²) in [7, 11) is 0. The summed E-state index contributed by atoms with van der Waals surface area (Å²) in [4.78, 5) is 29.5. The highest BCUT2D eigenvalue weighted by molar-refractivity contribution is 7.18. The smallest absolute Gasteiger partial charge is 0.265 e. The van der Waals surface area contributed by atoms with Crippen molar-refractivity contribution in [3.05, 3.63) is 40.2 Å². The monoisotopic (exact) mass is 385 g/mol. The lowest BCUT2D eigenvalue weighted by Crippen LogP contribution is -2.12. The maximum absolute atomic E-state index is 12.5. The number of benzene rings is 1. The Labute approximate surface area is 159 Å². The van der Waals surface area contributed by atoms with Gasteiger partial charge in [-0.1, -0.05) is 13.8 Å². The fourth-order valence-electron chi connectivity index (χ4n) is 2.56. The standard InChI is InChI=1S/C19H19N3O2S2/c1-10(2)19-21-13-6-5-12(9-15(13)26-19)20-18(24)14-7-8-16(25-14)22-17(23)11-3-4-11/h5-11H,3-4H2,1-2H3,(H,20,24)(H,22,23). The first-order valence-corrected chi connectivity index (χ1v) is 10.3. The van der Waals surface area contributed by atoms with Crippen LogP contribution >= 0.6 is 22.7 Å². The molecule has 26 heavy (non-hydrogen) atoms. The lowest BCUT2D eigenvalue weighted by Gasteiger charge is -2.03. The van der Waals surface area contributed by atoms with Crippen LogP contribution in [0.25, 0.3) is 10.2 Å². The van der Waals surface area contributed by atoms with Gasteiger partial charge in [-0.25, -0.2) is 4.98 Å². The van der Waals surface area contributed by atoms with Gasteiger partial charge in [0.15, 0.2) is 0 Å². The van der Waals surface area contributed by atoms with Gasteiger partial charge in [0.05, 0.1) is 25.1 Å². The minimum absolute atomic E-state index is 0.0513. The average Bonchev–Trinajstić information content (AvgIpc) is 3.20. The van der Waals surface area contributed by atoms with E-state index in [0.717, 1.165) is 33.8 Å². The molecule has 1 saturated carbocycles. The molecule has 0 aliphatic heterocycles. The molecule has 1 fully saturated rings. The molecule has 2 N–H and O–H groups in total. The number of thiophene rings is 1. The minimum Gasteiger partial charge on any atom is -0.321 e. The molecule has 2 heterocycles. The van der Waals surface area contributed by atoms with Crippen LogP contribution in [0.2, 0.25) is 0 Å². The number of anilines is 2. The molecular weight excluding hydrogens is 366 g/mol. The van der Waals surface area contributed by atoms with Gasteiger partial charge in [-0.15, -0.1) is 22.7 Å². The van der Waals surface area contributed by atoms with Crippen LogP contribution in [0.4, 0.5) is 10.7 Å². The predicted molar refractivity (Wildman–Crippen MR) is 107 cm³/mol. The van der Waals surface area contributed by atoms with Gasteiger partial charge in [0.2, 0.25) is 5.91 Å². The van der Waals surface area contributed by atoms with Gasteiger partial charge in [0.1, 0.15) is 0 Å². The maximum Gasteiger partial charge on any atom is 0.265 e. The van der Waals surface area contributed by atoms with Gasteiger partial charge < -0.3 is 10.6 Å². The van der Waals surface area contributed by atoms with Crippen molar-refractivity contribution in [1.29, 1.82) is 0 Å². The highest BCUT2D eigenvalue weighted by atomic mass is 32.1. The van der Waals surface area contributed by atoms with Gasteiger partial charge in [0, 0.05) is 17.5 Å². The zero-order chi connectivity index (χ0) is 18.3. The van der Waals surface area contributed by atoms with Crippen LogP contribution in [0.5, 0.6) is 0 Å². The number of aromatic nitrogens is 1. The van der Waals surface area contributed by atoms with E-state index in [1.54, 1.807) is 23.5 Å². The SMILES string of the molecule is CC(C)c1nc2ccc(NC(=O)c3ccc(NC(=O)C4CC4)s3)cc2s1. The van der Waals surface area contributed by atoms with E-state index in [0.29, 0.717) is 15.8 Å². The van der Waals surface area contributed by atoms with E-state index >= 15 is 0 Å². The van der Waals surface area contributed by atoms with E-state index in [-0.39, 0.29) is 17.7 Å². The summed E-state index contributed by atoms with van der Waals surface area (Å²) in [6, 6.07) is 9.28. The number of hydrogen-bond acceptors (Lipinski definition) is 5. The molecule has 0 unspecified atom stereocenters. The van der Waals surface area contributed by atoms with Crippen molar-refractivity contribution in [3.63, 3.8) is 0 Å². The lowest BCUT2D eigenvalue weighted by atomic mass is 10.2. The Morgan fingerprint density at radius 1 is 1.12 bits per heavy atom. The zero-order valence-corrected chi connectivity index (χ0v) is 16.2. The molecule has 0 atom stereocenters. The van der Waals surface area contributed by atoms with E-state index in [2.05, 4.69) is 29.5 Å². The van der Waals surface area contributed by atoms with Crippen LogP contribution in [0.3, 0.4) is 0 Å². The number of nitrogens with one attached hydrogen (secondary N) is 2. The molecule has 4 rings (SSSR count). The Morgan fingerprint density at radius 2 is 1.92 bits per heavy atom. The van der Waals surface area contributed by atoms with E-state index in [1.807, 2.05) is 18.2 Å². The third-order valence-electron chi connectivity index (χ3n) is 4.18. The number of thiazole rings is 1. The number of carbonyl (C=O) groups is 2. The molecule has 0 bridgehead atoms. The van der Waals surface area contributed by atoms with Crippen molar-refractivity contribution in [2.24, 2.45) is 5.92 Å². The van der Waals surface area contributed by atoms with Gasteiger partial charge >= 0.3 is 0 Å². The van der Waals surface area contributed by atoms with E-state index in [4.69, 9.17) is 0 Å². The Kier molecular flexibility index (Phi) is 4.50. The first-order chi connectivity index (χ1) is 12.5. The normalized spacial score (nSPS) is 14.0. The quantitative estimate of drug-likeness (QED) is 0.643. The second-order valence-electron chi connectivity index (χ2n) is 6.77. The molecule has 5 nitrogen and oxygen atoms in total. The van der Waals surface area contributed by atoms with Gasteiger partial charge in [0.25, 0.3) is 5.91 Å². The molecule has 1 aromatic carbocycles. The van der Waals surface area contributed by atoms with Crippen LogP contribution in [0, 0.1) is 5.92 Å². The molecule has 0 radical (unpaired) electrons. The summed E-state index contributed by atoms with van der Waals surface area (Å²) in [5.41, 5.74) is 1.70. The molecule has 7 heteroatoms. The fraction of sp³-hybridized carbons (Fsp3) is 0.316. The van der Waals surface area contributed by atoms with Crippen molar-refractivity contribution in [2.45, 2.75) is 32.6 Å². The number of hydrogen-bond donors (Lipinski definition) is 2. The van der Waals surface area contributed by atoms with Gasteiger partial charge in [-0.05, 0) is 43.2 Å². The van der Waals surface area contributed by atoms with Crippen molar-refractivity contribution in [2.75, 3.05) is 10.6 Å². The Balaban J connectivity index is 1.46. The van der Waals surface area contributed by atoms with Crippen molar-refractivity contribution in [3.8, 4) is 0 Å². The molecule has 1 aliphatic rings. The fourth-order valence-corrected chi connectivity index (χ4v) is 4.37. The van der Waals surface area contributed by atoms with Crippen LogP contribution in [-0.2, 0) is 4.79 Å². The van der Waals surface area contributed by atoms with Crippen LogP contribution in [0.15, 0.2) is 30.3 Å². The lowest BCUT2D eigenvalue weighted by molar-refractivity contribution is -0.117. The first kappa shape index (κ1) is 17.2. The molecule has 2 amide bonds. The second-order valence-corrected chi connectivity index (χ2v) is 8.92. The Bertz CT molecular complexity index is 986.